The SMILES string of the molecule is CCS(=O)(=O)c1nn2c(C(N)=O)ccnc2c1-c1ncc2c(OCC(F)(F)C(F)(F)F)nccn12. The quantitative estimate of drug-likeness (QED) is 0.364. The summed E-state index contributed by atoms with van der Waals surface area (Å²) in [5.74, 6) is -7.21. The minimum Gasteiger partial charge on any atom is -0.469 e. The molecule has 4 aromatic heterocycles. The van der Waals surface area contributed by atoms with Gasteiger partial charge >= 0.3 is 12.1 Å². The first-order valence-corrected chi connectivity index (χ1v) is 11.2. The predicted octanol–water partition coefficient (Wildman–Crippen LogP) is 1.91. The van der Waals surface area contributed by atoms with E-state index in [-0.39, 0.29) is 34.0 Å². The van der Waals surface area contributed by atoms with Gasteiger partial charge in [-0.3, -0.25) is 9.20 Å². The maximum absolute atomic E-state index is 13.3. The van der Waals surface area contributed by atoms with E-state index in [0.29, 0.717) is 0 Å². The van der Waals surface area contributed by atoms with Crippen LogP contribution in [0.2, 0.25) is 0 Å². The van der Waals surface area contributed by atoms with Crippen molar-refractivity contribution in [2.45, 2.75) is 24.0 Å². The van der Waals surface area contributed by atoms with E-state index < -0.39 is 45.4 Å². The molecule has 4 rings (SSSR count). The number of nitrogens with zero attached hydrogens (tertiary/aromatic N) is 6. The number of sulfone groups is 1. The van der Waals surface area contributed by atoms with Crippen LogP contribution in [0.15, 0.2) is 35.9 Å². The Kier molecular flexibility index (Phi) is 5.61. The third kappa shape index (κ3) is 4.00. The van der Waals surface area contributed by atoms with Gasteiger partial charge in [-0.05, 0) is 6.07 Å². The molecule has 0 unspecified atom stereocenters. The molecule has 0 bridgehead atoms. The summed E-state index contributed by atoms with van der Waals surface area (Å²) < 4.78 is 96.4. The maximum Gasteiger partial charge on any atom is 0.456 e. The average molecular weight is 519 g/mol. The van der Waals surface area contributed by atoms with Crippen LogP contribution in [-0.2, 0) is 9.84 Å². The minimum absolute atomic E-state index is 0.122. The molecule has 0 saturated carbocycles. The Morgan fingerprint density at radius 3 is 2.49 bits per heavy atom. The number of ether oxygens (including phenoxy) is 1. The van der Waals surface area contributed by atoms with Gasteiger partial charge in [0.2, 0.25) is 5.88 Å². The fraction of sp³-hybridized carbons (Fsp3) is 0.278. The van der Waals surface area contributed by atoms with Gasteiger partial charge in [0, 0.05) is 18.6 Å². The lowest BCUT2D eigenvalue weighted by Crippen LogP contribution is -2.41. The Bertz CT molecular complexity index is 1560. The van der Waals surface area contributed by atoms with Gasteiger partial charge < -0.3 is 10.5 Å². The molecule has 0 aliphatic heterocycles. The molecule has 0 spiro atoms. The number of primary amides is 1. The van der Waals surface area contributed by atoms with E-state index in [1.165, 1.54) is 25.4 Å². The molecule has 0 aromatic carbocycles. The second-order valence-electron chi connectivity index (χ2n) is 7.07. The topological polar surface area (TPSA) is 147 Å². The number of aromatic nitrogens is 6. The molecule has 0 atom stereocenters. The van der Waals surface area contributed by atoms with Crippen LogP contribution in [0.1, 0.15) is 17.4 Å². The van der Waals surface area contributed by atoms with Gasteiger partial charge in [-0.25, -0.2) is 27.9 Å². The summed E-state index contributed by atoms with van der Waals surface area (Å²) in [4.78, 5) is 23.7. The summed E-state index contributed by atoms with van der Waals surface area (Å²) in [6.07, 6.45) is -1.34. The highest BCUT2D eigenvalue weighted by Crippen LogP contribution is 2.37. The van der Waals surface area contributed by atoms with Crippen molar-refractivity contribution in [3.8, 4) is 17.3 Å². The van der Waals surface area contributed by atoms with Gasteiger partial charge in [0.15, 0.2) is 32.9 Å². The summed E-state index contributed by atoms with van der Waals surface area (Å²) in [5.41, 5.74) is 4.73. The lowest BCUT2D eigenvalue weighted by molar-refractivity contribution is -0.290. The summed E-state index contributed by atoms with van der Waals surface area (Å²) in [6.45, 7) is -0.689. The molecule has 2 N–H and O–H groups in total. The number of hydrogen-bond donors (Lipinski definition) is 1. The van der Waals surface area contributed by atoms with Crippen molar-refractivity contribution in [1.82, 2.24) is 29.0 Å². The highest BCUT2D eigenvalue weighted by atomic mass is 32.2. The Labute approximate surface area is 192 Å². The molecule has 35 heavy (non-hydrogen) atoms. The van der Waals surface area contributed by atoms with Crippen molar-refractivity contribution in [3.63, 3.8) is 0 Å². The van der Waals surface area contributed by atoms with Crippen molar-refractivity contribution in [2.24, 2.45) is 5.73 Å². The highest BCUT2D eigenvalue weighted by molar-refractivity contribution is 7.91. The summed E-state index contributed by atoms with van der Waals surface area (Å²) in [5, 5.41) is 3.50. The van der Waals surface area contributed by atoms with Gasteiger partial charge in [0.25, 0.3) is 5.91 Å². The molecular formula is C18H14F5N7O4S. The zero-order valence-electron chi connectivity index (χ0n) is 17.5. The van der Waals surface area contributed by atoms with Gasteiger partial charge in [0.05, 0.1) is 11.9 Å². The summed E-state index contributed by atoms with van der Waals surface area (Å²) in [6, 6.07) is 1.22. The van der Waals surface area contributed by atoms with Crippen molar-refractivity contribution in [2.75, 3.05) is 12.4 Å². The first-order valence-electron chi connectivity index (χ1n) is 9.58. The lowest BCUT2D eigenvalue weighted by atomic mass is 10.3. The monoisotopic (exact) mass is 519 g/mol. The number of halogens is 5. The number of alkyl halides is 5. The van der Waals surface area contributed by atoms with Crippen molar-refractivity contribution < 1.29 is 39.9 Å². The first kappa shape index (κ1) is 24.2. The van der Waals surface area contributed by atoms with Gasteiger partial charge in [0.1, 0.15) is 16.8 Å². The Balaban J connectivity index is 1.92. The van der Waals surface area contributed by atoms with E-state index in [1.54, 1.807) is 0 Å². The molecule has 0 saturated heterocycles. The average Bonchev–Trinajstić information content (AvgIpc) is 3.38. The second kappa shape index (κ2) is 8.10. The predicted molar refractivity (Wildman–Crippen MR) is 108 cm³/mol. The van der Waals surface area contributed by atoms with Crippen LogP contribution in [0.3, 0.4) is 0 Å². The zero-order chi connectivity index (χ0) is 25.8. The number of hydrogen-bond acceptors (Lipinski definition) is 8. The third-order valence-electron chi connectivity index (χ3n) is 4.87. The fourth-order valence-electron chi connectivity index (χ4n) is 3.10. The Morgan fingerprint density at radius 1 is 1.14 bits per heavy atom. The van der Waals surface area contributed by atoms with Crippen LogP contribution in [0, 0.1) is 0 Å². The van der Waals surface area contributed by atoms with Crippen molar-refractivity contribution >= 4 is 26.9 Å². The molecular weight excluding hydrogens is 505 g/mol. The molecule has 0 fully saturated rings. The Hall–Kier alpha value is -3.89. The van der Waals surface area contributed by atoms with E-state index >= 15 is 0 Å². The summed E-state index contributed by atoms with van der Waals surface area (Å²) in [7, 11) is -4.03. The fourth-order valence-corrected chi connectivity index (χ4v) is 4.08. The van der Waals surface area contributed by atoms with E-state index in [2.05, 4.69) is 24.8 Å². The van der Waals surface area contributed by atoms with Crippen LogP contribution in [0.4, 0.5) is 22.0 Å². The number of amides is 1. The molecule has 186 valence electrons. The van der Waals surface area contributed by atoms with E-state index in [1.807, 2.05) is 0 Å². The highest BCUT2D eigenvalue weighted by Gasteiger charge is 2.58. The first-order chi connectivity index (χ1) is 16.3. The normalized spacial score (nSPS) is 13.0. The minimum atomic E-state index is -5.84. The van der Waals surface area contributed by atoms with Crippen LogP contribution >= 0.6 is 0 Å². The smallest absolute Gasteiger partial charge is 0.456 e. The van der Waals surface area contributed by atoms with Crippen LogP contribution in [0.25, 0.3) is 22.6 Å². The molecule has 0 aliphatic carbocycles. The largest absolute Gasteiger partial charge is 0.469 e. The maximum atomic E-state index is 13.3. The lowest BCUT2D eigenvalue weighted by Gasteiger charge is -2.19. The van der Waals surface area contributed by atoms with Gasteiger partial charge in [-0.15, -0.1) is 0 Å². The van der Waals surface area contributed by atoms with Crippen molar-refractivity contribution in [3.05, 3.63) is 36.5 Å². The standard InChI is InChI=1S/C18H14F5N7O4S/c1-2-35(32,33)16-11(14-25-4-3-9(12(24)31)30(14)28-16)13-27-7-10-15(26-5-6-29(10)13)34-8-17(19,20)18(21,22)23/h3-7H,2,8H2,1H3,(H2,24,31). The zero-order valence-corrected chi connectivity index (χ0v) is 18.3. The molecule has 17 heteroatoms. The number of carbonyl (C=O) groups excluding carboxylic acids is 1. The number of fused-ring (bicyclic) bond motifs is 2. The molecule has 0 radical (unpaired) electrons. The molecule has 4 aromatic rings. The molecule has 4 heterocycles. The molecule has 11 nitrogen and oxygen atoms in total. The van der Waals surface area contributed by atoms with Crippen LogP contribution in [0.5, 0.6) is 5.88 Å². The van der Waals surface area contributed by atoms with E-state index in [4.69, 9.17) is 5.73 Å². The van der Waals surface area contributed by atoms with Gasteiger partial charge in [-0.1, -0.05) is 6.92 Å². The second-order valence-corrected chi connectivity index (χ2v) is 9.27. The molecule has 0 aliphatic rings. The number of imidazole rings is 1. The molecule has 1 amide bonds. The van der Waals surface area contributed by atoms with E-state index in [0.717, 1.165) is 21.3 Å². The number of carbonyl (C=O) groups is 1. The van der Waals surface area contributed by atoms with Crippen molar-refractivity contribution in [1.29, 1.82) is 0 Å². The number of nitrogens with two attached hydrogens (primary N) is 1. The third-order valence-corrected chi connectivity index (χ3v) is 6.50. The van der Waals surface area contributed by atoms with Crippen LogP contribution in [-0.4, -0.2) is 67.8 Å². The van der Waals surface area contributed by atoms with E-state index in [9.17, 15) is 35.2 Å². The summed E-state index contributed by atoms with van der Waals surface area (Å²) >= 11 is 0. The number of rotatable bonds is 7. The van der Waals surface area contributed by atoms with Gasteiger partial charge in [-0.2, -0.15) is 27.1 Å². The van der Waals surface area contributed by atoms with Crippen LogP contribution < -0.4 is 10.5 Å². The Morgan fingerprint density at radius 2 is 1.86 bits per heavy atom.